The number of rotatable bonds is 11. The van der Waals surface area contributed by atoms with Crippen molar-refractivity contribution >= 4 is 17.9 Å². The van der Waals surface area contributed by atoms with E-state index in [1.165, 1.54) is 0 Å². The second-order valence-corrected chi connectivity index (χ2v) is 14.4. The van der Waals surface area contributed by atoms with Crippen LogP contribution in [-0.2, 0) is 23.8 Å². The van der Waals surface area contributed by atoms with Gasteiger partial charge < -0.3 is 24.4 Å². The van der Waals surface area contributed by atoms with Crippen LogP contribution in [0.25, 0.3) is 0 Å². The van der Waals surface area contributed by atoms with E-state index in [1.54, 1.807) is 6.08 Å². The fourth-order valence-corrected chi connectivity index (χ4v) is 10.3. The number of hydrogen-bond donors (Lipinski definition) is 2. The molecule has 7 unspecified atom stereocenters. The number of allylic oxidation sites excluding steroid dienone is 1. The van der Waals surface area contributed by atoms with E-state index in [0.29, 0.717) is 32.2 Å². The van der Waals surface area contributed by atoms with Gasteiger partial charge in [0, 0.05) is 23.3 Å². The molecule has 242 valence electrons. The van der Waals surface area contributed by atoms with Crippen LogP contribution in [-0.4, -0.2) is 84.2 Å². The molecule has 5 rings (SSSR count). The Hall–Kier alpha value is -1.97. The molecule has 0 aromatic carbocycles. The van der Waals surface area contributed by atoms with Crippen molar-refractivity contribution in [1.29, 1.82) is 0 Å². The van der Waals surface area contributed by atoms with E-state index in [9.17, 15) is 24.6 Å². The molecule has 1 heterocycles. The van der Waals surface area contributed by atoms with Gasteiger partial charge in [0.2, 0.25) is 0 Å². The average molecular weight is 604 g/mol. The zero-order valence-electron chi connectivity index (χ0n) is 26.7. The third-order valence-electron chi connectivity index (χ3n) is 12.0. The summed E-state index contributed by atoms with van der Waals surface area (Å²) in [6.45, 7) is 13.9. The summed E-state index contributed by atoms with van der Waals surface area (Å²) in [7, 11) is 0. The number of ether oxygens (including phenoxy) is 3. The Balaban J connectivity index is 1.46. The van der Waals surface area contributed by atoms with Gasteiger partial charge in [-0.25, -0.2) is 4.79 Å². The highest BCUT2D eigenvalue weighted by Crippen LogP contribution is 2.64. The van der Waals surface area contributed by atoms with Crippen LogP contribution in [0.3, 0.4) is 0 Å². The van der Waals surface area contributed by atoms with Crippen LogP contribution in [0.1, 0.15) is 79.6 Å². The van der Waals surface area contributed by atoms with Gasteiger partial charge >= 0.3 is 12.1 Å². The minimum atomic E-state index is -1.31. The molecule has 9 heteroatoms. The van der Waals surface area contributed by atoms with Crippen molar-refractivity contribution in [2.75, 3.05) is 32.9 Å². The Morgan fingerprint density at radius 2 is 1.84 bits per heavy atom. The van der Waals surface area contributed by atoms with E-state index in [1.807, 2.05) is 0 Å². The Kier molecular flexibility index (Phi) is 9.94. The number of carboxylic acid groups (broad SMARTS) is 2. The van der Waals surface area contributed by atoms with Crippen molar-refractivity contribution in [2.45, 2.75) is 97.8 Å². The van der Waals surface area contributed by atoms with Crippen molar-refractivity contribution in [3.8, 4) is 0 Å². The topological polar surface area (TPSA) is 123 Å². The van der Waals surface area contributed by atoms with Crippen molar-refractivity contribution in [3.05, 3.63) is 11.6 Å². The zero-order chi connectivity index (χ0) is 31.1. The van der Waals surface area contributed by atoms with E-state index in [4.69, 9.17) is 14.2 Å². The Labute approximate surface area is 256 Å². The molecule has 4 fully saturated rings. The van der Waals surface area contributed by atoms with E-state index in [2.05, 4.69) is 39.5 Å². The van der Waals surface area contributed by atoms with Crippen LogP contribution in [0, 0.1) is 52.8 Å². The molecule has 0 aromatic rings. The summed E-state index contributed by atoms with van der Waals surface area (Å²) < 4.78 is 18.5. The Morgan fingerprint density at radius 3 is 2.47 bits per heavy atom. The average Bonchev–Trinajstić information content (AvgIpc) is 2.95. The molecule has 2 N–H and O–H groups in total. The second-order valence-electron chi connectivity index (χ2n) is 14.4. The lowest BCUT2D eigenvalue weighted by atomic mass is 9.45. The first-order chi connectivity index (χ1) is 20.6. The van der Waals surface area contributed by atoms with Gasteiger partial charge in [-0.2, -0.15) is 0 Å². The highest BCUT2D eigenvalue weighted by Gasteiger charge is 2.64. The number of hydrogen-bond acceptors (Lipinski definition) is 7. The van der Waals surface area contributed by atoms with Gasteiger partial charge in [0.15, 0.2) is 5.78 Å². The van der Waals surface area contributed by atoms with Gasteiger partial charge in [-0.3, -0.25) is 14.5 Å². The standard InChI is InChI=1S/C34H53NO8/c1-6-21(35(7-2)8-3)16-42-31-24-17-41-18-34(15-28(31)43-33(39)40)25(24)12-11-22-23-10-9-20(13-19(4)5)29(32(37)38)30(23)27(36)14-26(22)34/h14,19-25,28-31H,6-13,15-18H2,1-5H3,(H,37,38)(H,39,40)/t20?,21?,22?,23?,24?,25?,28-,29-,30?,31-,34-/m1/s1. The number of carbonyl (C=O) groups is 3. The van der Waals surface area contributed by atoms with Crippen LogP contribution in [0.2, 0.25) is 0 Å². The van der Waals surface area contributed by atoms with Crippen LogP contribution in [0.15, 0.2) is 11.6 Å². The van der Waals surface area contributed by atoms with Gasteiger partial charge in [-0.1, -0.05) is 40.2 Å². The molecule has 1 aliphatic heterocycles. The summed E-state index contributed by atoms with van der Waals surface area (Å²) in [6.07, 6.45) is 5.13. The van der Waals surface area contributed by atoms with Crippen LogP contribution >= 0.6 is 0 Å². The van der Waals surface area contributed by atoms with Crippen LogP contribution in [0.5, 0.6) is 0 Å². The monoisotopic (exact) mass is 603 g/mol. The second kappa shape index (κ2) is 13.2. The quantitative estimate of drug-likeness (QED) is 0.294. The normalized spacial score (nSPS) is 39.4. The molecule has 0 radical (unpaired) electrons. The predicted molar refractivity (Wildman–Crippen MR) is 161 cm³/mol. The molecule has 3 saturated carbocycles. The van der Waals surface area contributed by atoms with Gasteiger partial charge in [-0.05, 0) is 93.7 Å². The molecule has 4 aliphatic carbocycles. The highest BCUT2D eigenvalue weighted by atomic mass is 16.7. The third kappa shape index (κ3) is 5.90. The summed E-state index contributed by atoms with van der Waals surface area (Å²) in [5.41, 5.74) is 0.571. The maximum atomic E-state index is 14.0. The fraction of sp³-hybridized carbons (Fsp3) is 0.853. The molecular weight excluding hydrogens is 550 g/mol. The lowest BCUT2D eigenvalue weighted by Crippen LogP contribution is -2.64. The molecular formula is C34H53NO8. The first kappa shape index (κ1) is 32.4. The molecule has 11 atom stereocenters. The lowest BCUT2D eigenvalue weighted by molar-refractivity contribution is -0.220. The number of aliphatic carboxylic acids is 1. The largest absolute Gasteiger partial charge is 0.506 e. The van der Waals surface area contributed by atoms with Crippen LogP contribution in [0.4, 0.5) is 4.79 Å². The maximum Gasteiger partial charge on any atom is 0.506 e. The Morgan fingerprint density at radius 1 is 1.09 bits per heavy atom. The molecule has 43 heavy (non-hydrogen) atoms. The minimum Gasteiger partial charge on any atom is -0.481 e. The summed E-state index contributed by atoms with van der Waals surface area (Å²) in [6, 6.07) is 0.232. The summed E-state index contributed by atoms with van der Waals surface area (Å²) in [5, 5.41) is 20.1. The number of fused-ring (bicyclic) bond motifs is 3. The van der Waals surface area contributed by atoms with Crippen molar-refractivity contribution < 1.29 is 38.8 Å². The molecule has 0 spiro atoms. The van der Waals surface area contributed by atoms with Crippen molar-refractivity contribution in [3.63, 3.8) is 0 Å². The zero-order valence-corrected chi connectivity index (χ0v) is 26.7. The fourth-order valence-electron chi connectivity index (χ4n) is 10.3. The third-order valence-corrected chi connectivity index (χ3v) is 12.0. The van der Waals surface area contributed by atoms with E-state index in [-0.39, 0.29) is 41.4 Å². The lowest BCUT2D eigenvalue weighted by Gasteiger charge is -2.62. The molecule has 0 amide bonds. The molecule has 2 bridgehead atoms. The van der Waals surface area contributed by atoms with Crippen LogP contribution < -0.4 is 0 Å². The van der Waals surface area contributed by atoms with E-state index in [0.717, 1.165) is 57.2 Å². The van der Waals surface area contributed by atoms with Gasteiger partial charge in [0.05, 0.1) is 31.8 Å². The molecule has 1 saturated heterocycles. The summed E-state index contributed by atoms with van der Waals surface area (Å²) >= 11 is 0. The first-order valence-electron chi connectivity index (χ1n) is 16.9. The number of ketones is 1. The van der Waals surface area contributed by atoms with Gasteiger partial charge in [-0.15, -0.1) is 0 Å². The Bertz CT molecular complexity index is 1070. The van der Waals surface area contributed by atoms with Crippen molar-refractivity contribution in [2.24, 2.45) is 52.8 Å². The molecule has 9 nitrogen and oxygen atoms in total. The number of likely N-dealkylation sites (N-methyl/N-ethyl adjacent to an activating group) is 1. The molecule has 5 aliphatic rings. The van der Waals surface area contributed by atoms with Crippen molar-refractivity contribution in [1.82, 2.24) is 4.90 Å². The number of carboxylic acids is 1. The van der Waals surface area contributed by atoms with E-state index >= 15 is 0 Å². The minimum absolute atomic E-state index is 0.0000811. The number of nitrogens with zero attached hydrogens (tertiary/aromatic N) is 1. The SMILES string of the molecule is CCC(CO[C@@H]1C2COC[C@@]3(C[C@H]1OC(=O)O)C1=CC(=O)C4C(CCC(CC(C)C)[C@H]4C(=O)O)C1CCC23)N(CC)CC. The maximum absolute atomic E-state index is 14.0. The molecule has 0 aromatic heterocycles. The predicted octanol–water partition coefficient (Wildman–Crippen LogP) is 5.52. The summed E-state index contributed by atoms with van der Waals surface area (Å²) in [4.78, 5) is 40.9. The van der Waals surface area contributed by atoms with E-state index < -0.39 is 41.6 Å². The first-order valence-corrected chi connectivity index (χ1v) is 16.9. The van der Waals surface area contributed by atoms with Gasteiger partial charge in [0.25, 0.3) is 0 Å². The summed E-state index contributed by atoms with van der Waals surface area (Å²) in [5.74, 6) is -1.39. The smallest absolute Gasteiger partial charge is 0.481 e. The number of carbonyl (C=O) groups excluding carboxylic acids is 1. The van der Waals surface area contributed by atoms with Gasteiger partial charge in [0.1, 0.15) is 6.10 Å². The highest BCUT2D eigenvalue weighted by molar-refractivity contribution is 5.97.